The highest BCUT2D eigenvalue weighted by Crippen LogP contribution is 2.52. The maximum absolute atomic E-state index is 13.3. The third-order valence-electron chi connectivity index (χ3n) is 6.77. The maximum atomic E-state index is 13.3. The van der Waals surface area contributed by atoms with Crippen LogP contribution in [0.5, 0.6) is 11.5 Å². The number of carbonyl (C=O) groups is 2. The van der Waals surface area contributed by atoms with Crippen LogP contribution in [0.2, 0.25) is 0 Å². The van der Waals surface area contributed by atoms with Gasteiger partial charge in [-0.1, -0.05) is 18.2 Å². The zero-order valence-electron chi connectivity index (χ0n) is 18.7. The van der Waals surface area contributed by atoms with Gasteiger partial charge in [-0.15, -0.1) is 0 Å². The average molecular weight is 450 g/mol. The first-order valence-corrected chi connectivity index (χ1v) is 11.1. The predicted octanol–water partition coefficient (Wildman–Crippen LogP) is 1.74. The highest BCUT2D eigenvalue weighted by molar-refractivity contribution is 5.93. The van der Waals surface area contributed by atoms with Crippen molar-refractivity contribution in [3.05, 3.63) is 66.0 Å². The number of ether oxygens (including phenoxy) is 3. The van der Waals surface area contributed by atoms with Crippen LogP contribution in [-0.4, -0.2) is 60.7 Å². The summed E-state index contributed by atoms with van der Waals surface area (Å²) in [6.07, 6.45) is 7.61. The van der Waals surface area contributed by atoms with Crippen molar-refractivity contribution in [2.24, 2.45) is 11.8 Å². The molecule has 4 atom stereocenters. The number of hydrogen-bond acceptors (Lipinski definition) is 6. The van der Waals surface area contributed by atoms with Gasteiger partial charge in [0, 0.05) is 25.5 Å². The standard InChI is InChI=1S/C25H27N3O5/c1-31-18-4-3-16(13-20(18)32-2)8-12-27-23(29)21-19-5-9-25(33-19)15-28(24(30)22(21)25)14-17-6-10-26-11-7-17/h3-7,9-11,13,19,21-22H,8,12,14-15H2,1-2H3,(H,27,29)/t19-,21-,22+,25+/m1/s1. The van der Waals surface area contributed by atoms with Gasteiger partial charge in [-0.25, -0.2) is 0 Å². The first-order chi connectivity index (χ1) is 16.0. The van der Waals surface area contributed by atoms with Crippen molar-refractivity contribution in [1.29, 1.82) is 0 Å². The molecule has 2 bridgehead atoms. The Kier molecular flexibility index (Phi) is 5.54. The number of rotatable bonds is 8. The van der Waals surface area contributed by atoms with E-state index in [-0.39, 0.29) is 17.9 Å². The van der Waals surface area contributed by atoms with Crippen LogP contribution in [0.15, 0.2) is 54.9 Å². The molecular weight excluding hydrogens is 422 g/mol. The SMILES string of the molecule is COc1ccc(CCNC(=O)[C@H]2[C@H]3C(=O)N(Cc4ccncc4)C[C@@]34C=C[C@H]2O4)cc1OC. The van der Waals surface area contributed by atoms with Crippen LogP contribution < -0.4 is 14.8 Å². The molecule has 1 N–H and O–H groups in total. The third kappa shape index (κ3) is 3.74. The zero-order valence-corrected chi connectivity index (χ0v) is 18.7. The van der Waals surface area contributed by atoms with Crippen molar-refractivity contribution >= 4 is 11.8 Å². The van der Waals surface area contributed by atoms with Crippen LogP contribution >= 0.6 is 0 Å². The first kappa shape index (κ1) is 21.5. The molecule has 3 aliphatic rings. The number of fused-ring (bicyclic) bond motifs is 1. The minimum atomic E-state index is -0.708. The average Bonchev–Trinajstić information content (AvgIpc) is 3.47. The van der Waals surface area contributed by atoms with Gasteiger partial charge < -0.3 is 24.4 Å². The summed E-state index contributed by atoms with van der Waals surface area (Å²) in [6.45, 7) is 1.40. The van der Waals surface area contributed by atoms with Gasteiger partial charge in [0.05, 0.1) is 38.7 Å². The van der Waals surface area contributed by atoms with Crippen LogP contribution in [0.25, 0.3) is 0 Å². The Bertz CT molecular complexity index is 1090. The maximum Gasteiger partial charge on any atom is 0.230 e. The molecule has 0 aliphatic carbocycles. The fourth-order valence-electron chi connectivity index (χ4n) is 5.20. The summed E-state index contributed by atoms with van der Waals surface area (Å²) in [4.78, 5) is 32.3. The largest absolute Gasteiger partial charge is 0.493 e. The fourth-order valence-corrected chi connectivity index (χ4v) is 5.20. The summed E-state index contributed by atoms with van der Waals surface area (Å²) in [5.41, 5.74) is 1.32. The molecule has 1 aromatic carbocycles. The highest BCUT2D eigenvalue weighted by Gasteiger charge is 2.66. The van der Waals surface area contributed by atoms with Crippen molar-refractivity contribution in [3.8, 4) is 11.5 Å². The van der Waals surface area contributed by atoms with Crippen molar-refractivity contribution in [1.82, 2.24) is 15.2 Å². The van der Waals surface area contributed by atoms with Gasteiger partial charge in [0.15, 0.2) is 11.5 Å². The van der Waals surface area contributed by atoms with E-state index in [1.54, 1.807) is 31.5 Å². The van der Waals surface area contributed by atoms with Crippen LogP contribution in [0.4, 0.5) is 0 Å². The topological polar surface area (TPSA) is 90.0 Å². The third-order valence-corrected chi connectivity index (χ3v) is 6.77. The fraction of sp³-hybridized carbons (Fsp3) is 0.400. The molecule has 2 aromatic rings. The zero-order chi connectivity index (χ0) is 23.0. The molecule has 2 amide bonds. The number of amides is 2. The summed E-state index contributed by atoms with van der Waals surface area (Å²) in [5, 5.41) is 3.01. The molecular formula is C25H27N3O5. The number of pyridine rings is 1. The molecule has 0 radical (unpaired) electrons. The molecule has 8 nitrogen and oxygen atoms in total. The van der Waals surface area contributed by atoms with E-state index >= 15 is 0 Å². The molecule has 2 fully saturated rings. The highest BCUT2D eigenvalue weighted by atomic mass is 16.5. The number of benzene rings is 1. The van der Waals surface area contributed by atoms with Crippen molar-refractivity contribution in [2.75, 3.05) is 27.3 Å². The second kappa shape index (κ2) is 8.51. The van der Waals surface area contributed by atoms with Gasteiger partial charge in [0.1, 0.15) is 5.60 Å². The molecule has 8 heteroatoms. The Morgan fingerprint density at radius 1 is 1.18 bits per heavy atom. The molecule has 5 rings (SSSR count). The predicted molar refractivity (Wildman–Crippen MR) is 120 cm³/mol. The van der Waals surface area contributed by atoms with Crippen LogP contribution in [-0.2, 0) is 27.3 Å². The van der Waals surface area contributed by atoms with Gasteiger partial charge in [-0.05, 0) is 41.8 Å². The Balaban J connectivity index is 1.24. The monoisotopic (exact) mass is 449 g/mol. The number of likely N-dealkylation sites (tertiary alicyclic amines) is 1. The van der Waals surface area contributed by atoms with Crippen LogP contribution in [0.3, 0.4) is 0 Å². The Morgan fingerprint density at radius 2 is 1.97 bits per heavy atom. The smallest absolute Gasteiger partial charge is 0.230 e. The molecule has 33 heavy (non-hydrogen) atoms. The van der Waals surface area contributed by atoms with Crippen molar-refractivity contribution in [2.45, 2.75) is 24.7 Å². The molecule has 2 saturated heterocycles. The second-order valence-electron chi connectivity index (χ2n) is 8.68. The minimum Gasteiger partial charge on any atom is -0.493 e. The molecule has 172 valence electrons. The molecule has 1 spiro atoms. The number of hydrogen-bond donors (Lipinski definition) is 1. The lowest BCUT2D eigenvalue weighted by molar-refractivity contribution is -0.137. The van der Waals surface area contributed by atoms with E-state index in [4.69, 9.17) is 14.2 Å². The van der Waals surface area contributed by atoms with E-state index in [2.05, 4.69) is 10.3 Å². The van der Waals surface area contributed by atoms with Gasteiger partial charge in [-0.3, -0.25) is 14.6 Å². The summed E-state index contributed by atoms with van der Waals surface area (Å²) >= 11 is 0. The van der Waals surface area contributed by atoms with Gasteiger partial charge >= 0.3 is 0 Å². The van der Waals surface area contributed by atoms with E-state index in [0.29, 0.717) is 37.6 Å². The minimum absolute atomic E-state index is 0.0290. The number of aromatic nitrogens is 1. The summed E-state index contributed by atoms with van der Waals surface area (Å²) in [5.74, 6) is 0.138. The van der Waals surface area contributed by atoms with E-state index in [0.717, 1.165) is 11.1 Å². The molecule has 4 heterocycles. The van der Waals surface area contributed by atoms with Gasteiger partial charge in [0.2, 0.25) is 11.8 Å². The lowest BCUT2D eigenvalue weighted by Gasteiger charge is -2.23. The normalized spacial score (nSPS) is 27.0. The number of nitrogens with one attached hydrogen (secondary N) is 1. The number of nitrogens with zero attached hydrogens (tertiary/aromatic N) is 2. The first-order valence-electron chi connectivity index (χ1n) is 11.1. The van der Waals surface area contributed by atoms with Crippen LogP contribution in [0, 0.1) is 11.8 Å². The Hall–Kier alpha value is -3.39. The van der Waals surface area contributed by atoms with Crippen LogP contribution in [0.1, 0.15) is 11.1 Å². The number of carbonyl (C=O) groups excluding carboxylic acids is 2. The molecule has 1 aromatic heterocycles. The molecule has 3 aliphatic heterocycles. The van der Waals surface area contributed by atoms with E-state index in [9.17, 15) is 9.59 Å². The second-order valence-corrected chi connectivity index (χ2v) is 8.68. The summed E-state index contributed by atoms with van der Waals surface area (Å²) < 4.78 is 16.8. The lowest BCUT2D eigenvalue weighted by Crippen LogP contribution is -2.44. The lowest BCUT2D eigenvalue weighted by atomic mass is 9.77. The molecule has 0 unspecified atom stereocenters. The number of methoxy groups -OCH3 is 2. The summed E-state index contributed by atoms with van der Waals surface area (Å²) in [7, 11) is 3.19. The summed E-state index contributed by atoms with van der Waals surface area (Å²) in [6, 6.07) is 9.49. The van der Waals surface area contributed by atoms with Gasteiger partial charge in [-0.2, -0.15) is 0 Å². The van der Waals surface area contributed by atoms with Crippen molar-refractivity contribution < 1.29 is 23.8 Å². The quantitative estimate of drug-likeness (QED) is 0.618. The Labute approximate surface area is 192 Å². The Morgan fingerprint density at radius 3 is 2.73 bits per heavy atom. The van der Waals surface area contributed by atoms with E-state index in [1.807, 2.05) is 42.5 Å². The van der Waals surface area contributed by atoms with Gasteiger partial charge in [0.25, 0.3) is 0 Å². The van der Waals surface area contributed by atoms with E-state index < -0.39 is 17.4 Å². The van der Waals surface area contributed by atoms with E-state index in [1.165, 1.54) is 0 Å². The molecule has 0 saturated carbocycles. The van der Waals surface area contributed by atoms with Crippen molar-refractivity contribution in [3.63, 3.8) is 0 Å².